The minimum absolute atomic E-state index is 0.0382. The Morgan fingerprint density at radius 3 is 2.43 bits per heavy atom. The number of hydrogen-bond acceptors (Lipinski definition) is 3. The SMILES string of the molecule is CN(C)[C@H](CNC(=O)c1c(F)cccc1F)c1cccs1. The highest BCUT2D eigenvalue weighted by Gasteiger charge is 2.20. The van der Waals surface area contributed by atoms with Crippen molar-refractivity contribution in [2.75, 3.05) is 20.6 Å². The van der Waals surface area contributed by atoms with Crippen LogP contribution in [-0.4, -0.2) is 31.4 Å². The Kier molecular flexibility index (Phi) is 5.03. The van der Waals surface area contributed by atoms with Gasteiger partial charge in [0.15, 0.2) is 0 Å². The average molecular weight is 310 g/mol. The predicted molar refractivity (Wildman–Crippen MR) is 79.4 cm³/mol. The molecule has 6 heteroatoms. The molecule has 0 radical (unpaired) electrons. The first-order valence-corrected chi connectivity index (χ1v) is 7.30. The number of halogens is 2. The average Bonchev–Trinajstić information content (AvgIpc) is 2.92. The molecule has 1 amide bonds. The minimum Gasteiger partial charge on any atom is -0.350 e. The molecule has 1 heterocycles. The van der Waals surface area contributed by atoms with E-state index in [0.29, 0.717) is 0 Å². The van der Waals surface area contributed by atoms with Crippen LogP contribution in [0.4, 0.5) is 8.78 Å². The van der Waals surface area contributed by atoms with Crippen molar-refractivity contribution in [3.05, 3.63) is 57.8 Å². The Morgan fingerprint density at radius 2 is 1.90 bits per heavy atom. The molecule has 0 aliphatic heterocycles. The number of thiophene rings is 1. The molecule has 0 bridgehead atoms. The summed E-state index contributed by atoms with van der Waals surface area (Å²) in [5.74, 6) is -2.45. The number of rotatable bonds is 5. The Labute approximate surface area is 126 Å². The molecule has 0 saturated heterocycles. The standard InChI is InChI=1S/C15H16F2N2OS/c1-19(2)12(13-7-4-8-21-13)9-18-15(20)14-10(16)5-3-6-11(14)17/h3-8,12H,9H2,1-2H3,(H,18,20)/t12-/m1/s1. The van der Waals surface area contributed by atoms with Gasteiger partial charge in [-0.05, 0) is 37.7 Å². The second-order valence-electron chi connectivity index (χ2n) is 4.80. The smallest absolute Gasteiger partial charge is 0.257 e. The fourth-order valence-corrected chi connectivity index (χ4v) is 2.93. The van der Waals surface area contributed by atoms with Gasteiger partial charge in [-0.25, -0.2) is 8.78 Å². The van der Waals surface area contributed by atoms with E-state index in [4.69, 9.17) is 0 Å². The van der Waals surface area contributed by atoms with Crippen LogP contribution in [0.1, 0.15) is 21.3 Å². The van der Waals surface area contributed by atoms with E-state index in [1.54, 1.807) is 11.3 Å². The predicted octanol–water partition coefficient (Wildman–Crippen LogP) is 3.06. The summed E-state index contributed by atoms with van der Waals surface area (Å²) in [5.41, 5.74) is -0.541. The third kappa shape index (κ3) is 3.65. The number of benzene rings is 1. The molecule has 0 saturated carbocycles. The molecule has 0 spiro atoms. The van der Waals surface area contributed by atoms with Gasteiger partial charge >= 0.3 is 0 Å². The van der Waals surface area contributed by atoms with E-state index < -0.39 is 23.1 Å². The second kappa shape index (κ2) is 6.78. The van der Waals surface area contributed by atoms with Crippen molar-refractivity contribution >= 4 is 17.2 Å². The first-order valence-electron chi connectivity index (χ1n) is 6.42. The van der Waals surface area contributed by atoms with Crippen LogP contribution in [-0.2, 0) is 0 Å². The van der Waals surface area contributed by atoms with Gasteiger partial charge in [0.25, 0.3) is 5.91 Å². The van der Waals surface area contributed by atoms with Crippen LogP contribution in [0.2, 0.25) is 0 Å². The van der Waals surface area contributed by atoms with Crippen molar-refractivity contribution in [3.8, 4) is 0 Å². The van der Waals surface area contributed by atoms with Gasteiger partial charge in [-0.1, -0.05) is 12.1 Å². The van der Waals surface area contributed by atoms with Crippen LogP contribution in [0.3, 0.4) is 0 Å². The van der Waals surface area contributed by atoms with Crippen molar-refractivity contribution in [1.82, 2.24) is 10.2 Å². The van der Waals surface area contributed by atoms with Gasteiger partial charge in [0.2, 0.25) is 0 Å². The molecule has 1 aromatic heterocycles. The van der Waals surface area contributed by atoms with Crippen LogP contribution >= 0.6 is 11.3 Å². The van der Waals surface area contributed by atoms with Crippen LogP contribution < -0.4 is 5.32 Å². The van der Waals surface area contributed by atoms with Crippen molar-refractivity contribution in [3.63, 3.8) is 0 Å². The summed E-state index contributed by atoms with van der Waals surface area (Å²) < 4.78 is 27.1. The molecule has 0 aliphatic rings. The van der Waals surface area contributed by atoms with Crippen molar-refractivity contribution in [2.24, 2.45) is 0 Å². The van der Waals surface area contributed by atoms with E-state index in [1.807, 2.05) is 36.5 Å². The molecule has 1 N–H and O–H groups in total. The molecule has 2 aromatic rings. The molecular formula is C15H16F2N2OS. The van der Waals surface area contributed by atoms with Gasteiger partial charge in [0, 0.05) is 11.4 Å². The van der Waals surface area contributed by atoms with E-state index in [-0.39, 0.29) is 12.6 Å². The Morgan fingerprint density at radius 1 is 1.24 bits per heavy atom. The monoisotopic (exact) mass is 310 g/mol. The molecule has 1 aromatic carbocycles. The lowest BCUT2D eigenvalue weighted by atomic mass is 10.1. The highest BCUT2D eigenvalue weighted by atomic mass is 32.1. The second-order valence-corrected chi connectivity index (χ2v) is 5.78. The van der Waals surface area contributed by atoms with Gasteiger partial charge < -0.3 is 10.2 Å². The quantitative estimate of drug-likeness (QED) is 0.920. The van der Waals surface area contributed by atoms with Crippen molar-refractivity contribution < 1.29 is 13.6 Å². The zero-order valence-corrected chi connectivity index (χ0v) is 12.6. The molecular weight excluding hydrogens is 294 g/mol. The van der Waals surface area contributed by atoms with Crippen LogP contribution in [0, 0.1) is 11.6 Å². The largest absolute Gasteiger partial charge is 0.350 e. The van der Waals surface area contributed by atoms with Crippen molar-refractivity contribution in [2.45, 2.75) is 6.04 Å². The van der Waals surface area contributed by atoms with E-state index >= 15 is 0 Å². The first kappa shape index (κ1) is 15.6. The van der Waals surface area contributed by atoms with E-state index in [2.05, 4.69) is 5.32 Å². The number of nitrogens with one attached hydrogen (secondary N) is 1. The maximum absolute atomic E-state index is 13.5. The van der Waals surface area contributed by atoms with Gasteiger partial charge in [0.1, 0.15) is 17.2 Å². The third-order valence-electron chi connectivity index (χ3n) is 3.14. The summed E-state index contributed by atoms with van der Waals surface area (Å²) in [6.45, 7) is 0.278. The van der Waals surface area contributed by atoms with Gasteiger partial charge in [-0.2, -0.15) is 0 Å². The highest BCUT2D eigenvalue weighted by Crippen LogP contribution is 2.22. The minimum atomic E-state index is -0.856. The molecule has 1 atom stereocenters. The summed E-state index contributed by atoms with van der Waals surface area (Å²) in [6, 6.07) is 7.22. The van der Waals surface area contributed by atoms with Crippen LogP contribution in [0.15, 0.2) is 35.7 Å². The summed E-state index contributed by atoms with van der Waals surface area (Å²) in [5, 5.41) is 4.54. The highest BCUT2D eigenvalue weighted by molar-refractivity contribution is 7.10. The number of carbonyl (C=O) groups excluding carboxylic acids is 1. The summed E-state index contributed by atoms with van der Waals surface area (Å²) in [7, 11) is 3.78. The van der Waals surface area contributed by atoms with Crippen LogP contribution in [0.25, 0.3) is 0 Å². The lowest BCUT2D eigenvalue weighted by molar-refractivity contribution is 0.0934. The maximum atomic E-state index is 13.5. The Bertz CT molecular complexity index is 594. The maximum Gasteiger partial charge on any atom is 0.257 e. The zero-order chi connectivity index (χ0) is 15.4. The summed E-state index contributed by atoms with van der Waals surface area (Å²) in [4.78, 5) is 15.0. The molecule has 2 rings (SSSR count). The van der Waals surface area contributed by atoms with Gasteiger partial charge in [-0.3, -0.25) is 4.79 Å². The Balaban J connectivity index is 2.09. The topological polar surface area (TPSA) is 32.3 Å². The molecule has 112 valence electrons. The van der Waals surface area contributed by atoms with Gasteiger partial charge in [-0.15, -0.1) is 11.3 Å². The summed E-state index contributed by atoms with van der Waals surface area (Å²) in [6.07, 6.45) is 0. The van der Waals surface area contributed by atoms with E-state index in [1.165, 1.54) is 6.07 Å². The fourth-order valence-electron chi connectivity index (χ4n) is 2.01. The number of carbonyl (C=O) groups is 1. The molecule has 0 unspecified atom stereocenters. The molecule has 0 aliphatic carbocycles. The van der Waals surface area contributed by atoms with E-state index in [0.717, 1.165) is 17.0 Å². The lowest BCUT2D eigenvalue weighted by Gasteiger charge is -2.23. The molecule has 21 heavy (non-hydrogen) atoms. The van der Waals surface area contributed by atoms with Crippen LogP contribution in [0.5, 0.6) is 0 Å². The zero-order valence-electron chi connectivity index (χ0n) is 11.8. The Hall–Kier alpha value is -1.79. The normalized spacial score (nSPS) is 12.4. The number of amides is 1. The third-order valence-corrected chi connectivity index (χ3v) is 4.11. The molecule has 0 fully saturated rings. The number of hydrogen-bond donors (Lipinski definition) is 1. The molecule has 3 nitrogen and oxygen atoms in total. The fraction of sp³-hybridized carbons (Fsp3) is 0.267. The number of likely N-dealkylation sites (N-methyl/N-ethyl adjacent to an activating group) is 1. The summed E-state index contributed by atoms with van der Waals surface area (Å²) >= 11 is 1.57. The van der Waals surface area contributed by atoms with E-state index in [9.17, 15) is 13.6 Å². The van der Waals surface area contributed by atoms with Gasteiger partial charge in [0.05, 0.1) is 6.04 Å². The first-order chi connectivity index (χ1) is 10.0. The lowest BCUT2D eigenvalue weighted by Crippen LogP contribution is -2.35. The number of nitrogens with zero attached hydrogens (tertiary/aromatic N) is 1. The van der Waals surface area contributed by atoms with Crippen molar-refractivity contribution in [1.29, 1.82) is 0 Å².